The van der Waals surface area contributed by atoms with Crippen molar-refractivity contribution in [3.63, 3.8) is 0 Å². The van der Waals surface area contributed by atoms with Crippen LogP contribution in [-0.4, -0.2) is 36.3 Å². The molecule has 2 atom stereocenters. The number of hydrogen-bond acceptors (Lipinski definition) is 4. The Balaban J connectivity index is 2.30. The maximum absolute atomic E-state index is 9.47. The third kappa shape index (κ3) is 2.23. The Morgan fingerprint density at radius 2 is 2.33 bits per heavy atom. The smallest absolute Gasteiger partial charge is 0.119 e. The summed E-state index contributed by atoms with van der Waals surface area (Å²) in [4.78, 5) is 2.30. The highest BCUT2D eigenvalue weighted by Gasteiger charge is 2.33. The lowest BCUT2D eigenvalue weighted by molar-refractivity contribution is 0.0894. The monoisotopic (exact) mass is 250 g/mol. The summed E-state index contributed by atoms with van der Waals surface area (Å²) in [6.07, 6.45) is 0.929. The highest BCUT2D eigenvalue weighted by molar-refractivity contribution is 5.41. The van der Waals surface area contributed by atoms with Crippen LogP contribution in [0.4, 0.5) is 0 Å². The van der Waals surface area contributed by atoms with Gasteiger partial charge in [0.25, 0.3) is 0 Å². The maximum Gasteiger partial charge on any atom is 0.119 e. The lowest BCUT2D eigenvalue weighted by Gasteiger charge is -2.30. The van der Waals surface area contributed by atoms with Gasteiger partial charge < -0.3 is 15.6 Å². The van der Waals surface area contributed by atoms with Gasteiger partial charge in [-0.3, -0.25) is 4.90 Å². The van der Waals surface area contributed by atoms with E-state index < -0.39 is 0 Å². The Morgan fingerprint density at radius 1 is 1.56 bits per heavy atom. The van der Waals surface area contributed by atoms with Gasteiger partial charge in [-0.05, 0) is 29.7 Å². The number of nitrogens with two attached hydrogens (primary N) is 1. The SMILES string of the molecule is CCC(CO)N1Cc2ccc(OC)cc2C1CN. The number of ether oxygens (including phenoxy) is 1. The number of benzene rings is 1. The molecule has 0 fully saturated rings. The van der Waals surface area contributed by atoms with Crippen LogP contribution in [-0.2, 0) is 6.54 Å². The highest BCUT2D eigenvalue weighted by Crippen LogP contribution is 2.37. The Hall–Kier alpha value is -1.10. The number of methoxy groups -OCH3 is 1. The summed E-state index contributed by atoms with van der Waals surface area (Å²) in [7, 11) is 1.68. The van der Waals surface area contributed by atoms with Gasteiger partial charge in [0.05, 0.1) is 13.7 Å². The summed E-state index contributed by atoms with van der Waals surface area (Å²) in [5.41, 5.74) is 8.44. The molecule has 0 bridgehead atoms. The minimum atomic E-state index is 0.178. The van der Waals surface area contributed by atoms with Crippen molar-refractivity contribution in [1.82, 2.24) is 4.90 Å². The fourth-order valence-electron chi connectivity index (χ4n) is 2.75. The van der Waals surface area contributed by atoms with E-state index in [1.807, 2.05) is 6.07 Å². The molecule has 1 aromatic rings. The van der Waals surface area contributed by atoms with Crippen molar-refractivity contribution >= 4 is 0 Å². The van der Waals surface area contributed by atoms with E-state index in [1.165, 1.54) is 11.1 Å². The zero-order chi connectivity index (χ0) is 13.1. The van der Waals surface area contributed by atoms with Gasteiger partial charge in [-0.15, -0.1) is 0 Å². The van der Waals surface area contributed by atoms with Crippen molar-refractivity contribution < 1.29 is 9.84 Å². The molecule has 2 rings (SSSR count). The first-order valence-corrected chi connectivity index (χ1v) is 6.48. The van der Waals surface area contributed by atoms with Crippen LogP contribution in [0.5, 0.6) is 5.75 Å². The summed E-state index contributed by atoms with van der Waals surface area (Å²) in [6, 6.07) is 6.51. The molecule has 0 aliphatic carbocycles. The van der Waals surface area contributed by atoms with Gasteiger partial charge >= 0.3 is 0 Å². The lowest BCUT2D eigenvalue weighted by atomic mass is 10.0. The van der Waals surface area contributed by atoms with E-state index in [4.69, 9.17) is 10.5 Å². The predicted molar refractivity (Wildman–Crippen MR) is 71.5 cm³/mol. The van der Waals surface area contributed by atoms with E-state index >= 15 is 0 Å². The fourth-order valence-corrected chi connectivity index (χ4v) is 2.75. The molecule has 18 heavy (non-hydrogen) atoms. The topological polar surface area (TPSA) is 58.7 Å². The first-order valence-electron chi connectivity index (χ1n) is 6.48. The number of fused-ring (bicyclic) bond motifs is 1. The maximum atomic E-state index is 9.47. The van der Waals surface area contributed by atoms with Gasteiger partial charge in [-0.1, -0.05) is 13.0 Å². The largest absolute Gasteiger partial charge is 0.497 e. The average Bonchev–Trinajstić information content (AvgIpc) is 2.77. The molecule has 3 N–H and O–H groups in total. The molecule has 1 aromatic carbocycles. The molecule has 4 nitrogen and oxygen atoms in total. The first-order chi connectivity index (χ1) is 8.74. The van der Waals surface area contributed by atoms with Gasteiger partial charge in [-0.25, -0.2) is 0 Å². The van der Waals surface area contributed by atoms with Gasteiger partial charge in [0.2, 0.25) is 0 Å². The van der Waals surface area contributed by atoms with E-state index in [0.29, 0.717) is 6.54 Å². The summed E-state index contributed by atoms with van der Waals surface area (Å²) in [6.45, 7) is 3.70. The minimum absolute atomic E-state index is 0.178. The van der Waals surface area contributed by atoms with Gasteiger partial charge in [0, 0.05) is 25.2 Å². The molecule has 0 amide bonds. The van der Waals surface area contributed by atoms with E-state index in [2.05, 4.69) is 24.0 Å². The van der Waals surface area contributed by atoms with E-state index in [0.717, 1.165) is 18.7 Å². The van der Waals surface area contributed by atoms with Gasteiger partial charge in [0.15, 0.2) is 0 Å². The molecule has 0 aromatic heterocycles. The summed E-state index contributed by atoms with van der Waals surface area (Å²) >= 11 is 0. The number of aliphatic hydroxyl groups is 1. The van der Waals surface area contributed by atoms with Crippen molar-refractivity contribution in [2.24, 2.45) is 5.73 Å². The highest BCUT2D eigenvalue weighted by atomic mass is 16.5. The summed E-state index contributed by atoms with van der Waals surface area (Å²) in [5, 5.41) is 9.47. The molecular formula is C14H22N2O2. The van der Waals surface area contributed by atoms with Crippen molar-refractivity contribution in [2.45, 2.75) is 32.0 Å². The molecular weight excluding hydrogens is 228 g/mol. The van der Waals surface area contributed by atoms with Crippen LogP contribution in [0.1, 0.15) is 30.5 Å². The van der Waals surface area contributed by atoms with Crippen LogP contribution in [0, 0.1) is 0 Å². The second-order valence-electron chi connectivity index (χ2n) is 4.73. The Labute approximate surface area is 108 Å². The third-order valence-electron chi connectivity index (χ3n) is 3.84. The molecule has 2 unspecified atom stereocenters. The first kappa shape index (κ1) is 13.3. The molecule has 0 radical (unpaired) electrons. The normalized spacial score (nSPS) is 20.8. The van der Waals surface area contributed by atoms with E-state index in [1.54, 1.807) is 7.11 Å². The number of nitrogens with zero attached hydrogens (tertiary/aromatic N) is 1. The van der Waals surface area contributed by atoms with Crippen LogP contribution in [0.2, 0.25) is 0 Å². The molecule has 0 saturated carbocycles. The lowest BCUT2D eigenvalue weighted by Crippen LogP contribution is -2.38. The standard InChI is InChI=1S/C14H22N2O2/c1-3-11(9-17)16-8-10-4-5-12(18-2)6-13(10)14(16)7-15/h4-6,11,14,17H,3,7-9,15H2,1-2H3. The molecule has 1 heterocycles. The van der Waals surface area contributed by atoms with Gasteiger partial charge in [-0.2, -0.15) is 0 Å². The quantitative estimate of drug-likeness (QED) is 0.826. The van der Waals surface area contributed by atoms with E-state index in [9.17, 15) is 5.11 Å². The van der Waals surface area contributed by atoms with Crippen LogP contribution in [0.3, 0.4) is 0 Å². The average molecular weight is 250 g/mol. The van der Waals surface area contributed by atoms with Crippen LogP contribution in [0.25, 0.3) is 0 Å². The zero-order valence-corrected chi connectivity index (χ0v) is 11.1. The van der Waals surface area contributed by atoms with Crippen LogP contribution in [0.15, 0.2) is 18.2 Å². The minimum Gasteiger partial charge on any atom is -0.497 e. The summed E-state index contributed by atoms with van der Waals surface area (Å²) < 4.78 is 5.27. The number of aliphatic hydroxyl groups excluding tert-OH is 1. The number of hydrogen-bond donors (Lipinski definition) is 2. The molecule has 1 aliphatic heterocycles. The second-order valence-corrected chi connectivity index (χ2v) is 4.73. The van der Waals surface area contributed by atoms with Crippen molar-refractivity contribution in [3.8, 4) is 5.75 Å². The fraction of sp³-hybridized carbons (Fsp3) is 0.571. The second kappa shape index (κ2) is 5.69. The van der Waals surface area contributed by atoms with Gasteiger partial charge in [0.1, 0.15) is 5.75 Å². The van der Waals surface area contributed by atoms with Crippen molar-refractivity contribution in [2.75, 3.05) is 20.3 Å². The van der Waals surface area contributed by atoms with Crippen molar-refractivity contribution in [3.05, 3.63) is 29.3 Å². The Kier molecular flexibility index (Phi) is 4.22. The molecule has 1 aliphatic rings. The predicted octanol–water partition coefficient (Wildman–Crippen LogP) is 1.28. The van der Waals surface area contributed by atoms with Crippen molar-refractivity contribution in [1.29, 1.82) is 0 Å². The van der Waals surface area contributed by atoms with Crippen LogP contribution < -0.4 is 10.5 Å². The summed E-state index contributed by atoms with van der Waals surface area (Å²) in [5.74, 6) is 0.867. The molecule has 100 valence electrons. The Morgan fingerprint density at radius 3 is 2.89 bits per heavy atom. The third-order valence-corrected chi connectivity index (χ3v) is 3.84. The van der Waals surface area contributed by atoms with E-state index in [-0.39, 0.29) is 18.7 Å². The Bertz CT molecular complexity index is 405. The molecule has 4 heteroatoms. The van der Waals surface area contributed by atoms with Crippen LogP contribution >= 0.6 is 0 Å². The zero-order valence-electron chi connectivity index (χ0n) is 11.1. The number of rotatable bonds is 5. The molecule has 0 spiro atoms. The molecule has 0 saturated heterocycles.